The van der Waals surface area contributed by atoms with Crippen molar-refractivity contribution in [2.45, 2.75) is 45.6 Å². The molecule has 0 bridgehead atoms. The Morgan fingerprint density at radius 1 is 1.32 bits per heavy atom. The average Bonchev–Trinajstić information content (AvgIpc) is 2.78. The van der Waals surface area contributed by atoms with Gasteiger partial charge in [-0.1, -0.05) is 44.2 Å². The van der Waals surface area contributed by atoms with Gasteiger partial charge < -0.3 is 9.73 Å². The lowest BCUT2D eigenvalue weighted by atomic mass is 9.79. The number of amides is 1. The van der Waals surface area contributed by atoms with Crippen LogP contribution in [0.2, 0.25) is 0 Å². The van der Waals surface area contributed by atoms with Crippen LogP contribution < -0.4 is 5.32 Å². The Hall–Kier alpha value is -1.55. The van der Waals surface area contributed by atoms with E-state index in [2.05, 4.69) is 47.2 Å². The maximum Gasteiger partial charge on any atom is 0.287 e. The summed E-state index contributed by atoms with van der Waals surface area (Å²) in [6, 6.07) is 12.2. The largest absolute Gasteiger partial charge is 0.444 e. The molecule has 0 fully saturated rings. The van der Waals surface area contributed by atoms with Gasteiger partial charge in [0.05, 0.1) is 0 Å². The van der Waals surface area contributed by atoms with E-state index < -0.39 is 0 Å². The van der Waals surface area contributed by atoms with Crippen molar-refractivity contribution in [3.05, 3.63) is 58.0 Å². The van der Waals surface area contributed by atoms with Crippen LogP contribution in [0, 0.1) is 6.92 Å². The van der Waals surface area contributed by atoms with Gasteiger partial charge in [-0.25, -0.2) is 0 Å². The fourth-order valence-electron chi connectivity index (χ4n) is 2.78. The van der Waals surface area contributed by atoms with Crippen molar-refractivity contribution in [3.63, 3.8) is 0 Å². The lowest BCUT2D eigenvalue weighted by Gasteiger charge is -2.29. The van der Waals surface area contributed by atoms with Crippen LogP contribution in [-0.2, 0) is 5.41 Å². The standard InChI is InChI=1S/C18H22BrNO2/c1-12-10-15(19)22-16(12)17(21)20-13(2)11-18(3,4)14-8-6-5-7-9-14/h5-10,13H,11H2,1-4H3,(H,20,21). The number of nitrogens with one attached hydrogen (secondary N) is 1. The van der Waals surface area contributed by atoms with Gasteiger partial charge in [-0.05, 0) is 53.2 Å². The predicted molar refractivity (Wildman–Crippen MR) is 92.2 cm³/mol. The van der Waals surface area contributed by atoms with Crippen LogP contribution in [0.25, 0.3) is 0 Å². The van der Waals surface area contributed by atoms with Crippen LogP contribution in [0.1, 0.15) is 48.9 Å². The van der Waals surface area contributed by atoms with Crippen molar-refractivity contribution in [1.29, 1.82) is 0 Å². The number of carbonyl (C=O) groups excluding carboxylic acids is 1. The molecule has 0 aliphatic heterocycles. The van der Waals surface area contributed by atoms with Crippen molar-refractivity contribution < 1.29 is 9.21 Å². The lowest BCUT2D eigenvalue weighted by molar-refractivity contribution is 0.0904. The van der Waals surface area contributed by atoms with Crippen molar-refractivity contribution in [3.8, 4) is 0 Å². The fraction of sp³-hybridized carbons (Fsp3) is 0.389. The van der Waals surface area contributed by atoms with Gasteiger partial charge in [0.1, 0.15) is 0 Å². The molecule has 1 aromatic heterocycles. The molecule has 1 unspecified atom stereocenters. The highest BCUT2D eigenvalue weighted by Crippen LogP contribution is 2.28. The summed E-state index contributed by atoms with van der Waals surface area (Å²) < 4.78 is 5.97. The van der Waals surface area contributed by atoms with E-state index in [1.54, 1.807) is 6.07 Å². The van der Waals surface area contributed by atoms with Gasteiger partial charge in [-0.15, -0.1) is 0 Å². The summed E-state index contributed by atoms with van der Waals surface area (Å²) >= 11 is 3.25. The van der Waals surface area contributed by atoms with E-state index >= 15 is 0 Å². The van der Waals surface area contributed by atoms with Crippen LogP contribution in [0.5, 0.6) is 0 Å². The molecular weight excluding hydrogens is 342 g/mol. The Labute approximate surface area is 140 Å². The summed E-state index contributed by atoms with van der Waals surface area (Å²) in [5.74, 6) is 0.204. The lowest BCUT2D eigenvalue weighted by Crippen LogP contribution is -2.37. The number of furan rings is 1. The first-order chi connectivity index (χ1) is 10.3. The van der Waals surface area contributed by atoms with Crippen LogP contribution >= 0.6 is 15.9 Å². The minimum absolute atomic E-state index is 0.00719. The number of carbonyl (C=O) groups is 1. The molecule has 0 saturated carbocycles. The second-order valence-electron chi connectivity index (χ2n) is 6.39. The van der Waals surface area contributed by atoms with Gasteiger partial charge in [-0.3, -0.25) is 4.79 Å². The van der Waals surface area contributed by atoms with Gasteiger partial charge in [0.2, 0.25) is 0 Å². The van der Waals surface area contributed by atoms with Crippen molar-refractivity contribution in [1.82, 2.24) is 5.32 Å². The molecule has 1 aromatic carbocycles. The minimum atomic E-state index is -0.167. The quantitative estimate of drug-likeness (QED) is 0.825. The maximum atomic E-state index is 12.3. The molecule has 1 atom stereocenters. The molecule has 2 rings (SSSR count). The highest BCUT2D eigenvalue weighted by Gasteiger charge is 2.25. The van der Waals surface area contributed by atoms with E-state index in [-0.39, 0.29) is 17.4 Å². The molecule has 0 aliphatic rings. The summed E-state index contributed by atoms with van der Waals surface area (Å²) in [6.45, 7) is 8.27. The molecule has 0 spiro atoms. The SMILES string of the molecule is Cc1cc(Br)oc1C(=O)NC(C)CC(C)(C)c1ccccc1. The highest BCUT2D eigenvalue weighted by molar-refractivity contribution is 9.10. The van der Waals surface area contributed by atoms with Crippen LogP contribution in [0.4, 0.5) is 0 Å². The van der Waals surface area contributed by atoms with Gasteiger partial charge in [0.25, 0.3) is 5.91 Å². The molecule has 3 nitrogen and oxygen atoms in total. The van der Waals surface area contributed by atoms with Crippen molar-refractivity contribution in [2.75, 3.05) is 0 Å². The molecular formula is C18H22BrNO2. The minimum Gasteiger partial charge on any atom is -0.444 e. The Kier molecular flexibility index (Phi) is 5.12. The second-order valence-corrected chi connectivity index (χ2v) is 7.17. The zero-order chi connectivity index (χ0) is 16.3. The van der Waals surface area contributed by atoms with E-state index in [0.29, 0.717) is 10.4 Å². The van der Waals surface area contributed by atoms with Gasteiger partial charge in [-0.2, -0.15) is 0 Å². The summed E-state index contributed by atoms with van der Waals surface area (Å²) in [5, 5.41) is 3.02. The number of hydrogen-bond donors (Lipinski definition) is 1. The number of halogens is 1. The molecule has 22 heavy (non-hydrogen) atoms. The third-order valence-corrected chi connectivity index (χ3v) is 4.23. The molecule has 0 radical (unpaired) electrons. The fourth-order valence-corrected chi connectivity index (χ4v) is 3.29. The first kappa shape index (κ1) is 16.8. The predicted octanol–water partition coefficient (Wildman–Crippen LogP) is 4.84. The van der Waals surface area contributed by atoms with E-state index in [1.165, 1.54) is 5.56 Å². The average molecular weight is 364 g/mol. The maximum absolute atomic E-state index is 12.3. The van der Waals surface area contributed by atoms with E-state index in [4.69, 9.17) is 4.42 Å². The Balaban J connectivity index is 2.02. The van der Waals surface area contributed by atoms with Crippen LogP contribution in [0.3, 0.4) is 0 Å². The molecule has 4 heteroatoms. The van der Waals surface area contributed by atoms with Gasteiger partial charge in [0, 0.05) is 11.6 Å². The third kappa shape index (κ3) is 4.01. The summed E-state index contributed by atoms with van der Waals surface area (Å²) in [6.07, 6.45) is 0.851. The number of rotatable bonds is 5. The van der Waals surface area contributed by atoms with Crippen molar-refractivity contribution >= 4 is 21.8 Å². The van der Waals surface area contributed by atoms with Gasteiger partial charge >= 0.3 is 0 Å². The zero-order valence-electron chi connectivity index (χ0n) is 13.4. The van der Waals surface area contributed by atoms with E-state index in [1.807, 2.05) is 32.0 Å². The van der Waals surface area contributed by atoms with E-state index in [9.17, 15) is 4.79 Å². The number of benzene rings is 1. The highest BCUT2D eigenvalue weighted by atomic mass is 79.9. The van der Waals surface area contributed by atoms with Crippen LogP contribution in [0.15, 0.2) is 45.5 Å². The normalized spacial score (nSPS) is 13.0. The number of hydrogen-bond acceptors (Lipinski definition) is 2. The molecule has 1 heterocycles. The Morgan fingerprint density at radius 3 is 2.50 bits per heavy atom. The zero-order valence-corrected chi connectivity index (χ0v) is 15.0. The second kappa shape index (κ2) is 6.69. The monoisotopic (exact) mass is 363 g/mol. The molecule has 2 aromatic rings. The molecule has 118 valence electrons. The van der Waals surface area contributed by atoms with E-state index in [0.717, 1.165) is 12.0 Å². The number of aryl methyl sites for hydroxylation is 1. The Morgan fingerprint density at radius 2 is 1.95 bits per heavy atom. The van der Waals surface area contributed by atoms with Gasteiger partial charge in [0.15, 0.2) is 10.4 Å². The summed E-state index contributed by atoms with van der Waals surface area (Å²) in [7, 11) is 0. The first-order valence-corrected chi connectivity index (χ1v) is 8.21. The smallest absolute Gasteiger partial charge is 0.287 e. The van der Waals surface area contributed by atoms with Crippen molar-refractivity contribution in [2.24, 2.45) is 0 Å². The molecule has 0 saturated heterocycles. The summed E-state index contributed by atoms with van der Waals surface area (Å²) in [4.78, 5) is 12.3. The topological polar surface area (TPSA) is 42.2 Å². The Bertz CT molecular complexity index is 646. The van der Waals surface area contributed by atoms with Crippen LogP contribution in [-0.4, -0.2) is 11.9 Å². The first-order valence-electron chi connectivity index (χ1n) is 7.42. The molecule has 0 aliphatic carbocycles. The molecule has 1 amide bonds. The third-order valence-electron chi connectivity index (χ3n) is 3.84. The molecule has 1 N–H and O–H groups in total. The summed E-state index contributed by atoms with van der Waals surface area (Å²) in [5.41, 5.74) is 2.10.